The maximum atomic E-state index is 11.3. The zero-order valence-electron chi connectivity index (χ0n) is 12.7. The molecule has 0 aliphatic carbocycles. The van der Waals surface area contributed by atoms with Gasteiger partial charge in [-0.05, 0) is 30.2 Å². The second-order valence-electron chi connectivity index (χ2n) is 5.18. The average Bonchev–Trinajstić information content (AvgIpc) is 2.60. The van der Waals surface area contributed by atoms with Crippen LogP contribution in [0, 0.1) is 0 Å². The van der Waals surface area contributed by atoms with Crippen LogP contribution in [-0.4, -0.2) is 22.2 Å². The summed E-state index contributed by atoms with van der Waals surface area (Å²) < 4.78 is 5.18. The minimum atomic E-state index is -1.16. The molecule has 1 unspecified atom stereocenters. The molecule has 22 heavy (non-hydrogen) atoms. The molecule has 2 aromatic carbocycles. The Labute approximate surface area is 129 Å². The Hall–Kier alpha value is -2.46. The molecule has 1 aromatic heterocycles. The lowest BCUT2D eigenvalue weighted by Crippen LogP contribution is -2.28. The van der Waals surface area contributed by atoms with Crippen LogP contribution in [0.25, 0.3) is 10.9 Å². The van der Waals surface area contributed by atoms with Gasteiger partial charge in [0.2, 0.25) is 0 Å². The molecule has 4 nitrogen and oxygen atoms in total. The smallest absolute Gasteiger partial charge is 0.132 e. The van der Waals surface area contributed by atoms with Crippen molar-refractivity contribution in [2.24, 2.45) is 0 Å². The molecule has 1 N–H and O–H groups in total. The summed E-state index contributed by atoms with van der Waals surface area (Å²) in [6.07, 6.45) is 2.02. The quantitative estimate of drug-likeness (QED) is 0.802. The summed E-state index contributed by atoms with van der Waals surface area (Å²) in [7, 11) is 1.62. The average molecular weight is 294 g/mol. The maximum absolute atomic E-state index is 11.3. The third-order valence-electron chi connectivity index (χ3n) is 4.01. The molecule has 0 aliphatic rings. The van der Waals surface area contributed by atoms with Crippen LogP contribution in [-0.2, 0) is 5.60 Å². The highest BCUT2D eigenvalue weighted by Crippen LogP contribution is 2.35. The van der Waals surface area contributed by atoms with Crippen molar-refractivity contribution in [2.45, 2.75) is 18.9 Å². The van der Waals surface area contributed by atoms with Gasteiger partial charge in [-0.3, -0.25) is 0 Å². The van der Waals surface area contributed by atoms with Gasteiger partial charge in [0, 0.05) is 5.39 Å². The van der Waals surface area contributed by atoms with Gasteiger partial charge in [0.1, 0.15) is 17.7 Å². The molecule has 3 rings (SSSR count). The Morgan fingerprint density at radius 3 is 2.45 bits per heavy atom. The highest BCUT2D eigenvalue weighted by atomic mass is 16.5. The lowest BCUT2D eigenvalue weighted by atomic mass is 9.86. The first-order valence-electron chi connectivity index (χ1n) is 7.26. The SMILES string of the molecule is CCC(O)(c1ccc(OC)cc1)c1ncnc2ccccc12. The summed E-state index contributed by atoms with van der Waals surface area (Å²) in [5.74, 6) is 0.759. The number of rotatable bonds is 4. The van der Waals surface area contributed by atoms with E-state index in [1.54, 1.807) is 7.11 Å². The largest absolute Gasteiger partial charge is 0.497 e. The topological polar surface area (TPSA) is 55.2 Å². The number of ether oxygens (including phenoxy) is 1. The van der Waals surface area contributed by atoms with Gasteiger partial charge in [0.25, 0.3) is 0 Å². The fraction of sp³-hybridized carbons (Fsp3) is 0.222. The second-order valence-corrected chi connectivity index (χ2v) is 5.18. The molecule has 0 saturated heterocycles. The van der Waals surface area contributed by atoms with Gasteiger partial charge < -0.3 is 9.84 Å². The second kappa shape index (κ2) is 5.73. The number of aromatic nitrogens is 2. The van der Waals surface area contributed by atoms with Gasteiger partial charge in [-0.2, -0.15) is 0 Å². The molecule has 0 aliphatic heterocycles. The Bertz CT molecular complexity index is 781. The van der Waals surface area contributed by atoms with Gasteiger partial charge in [0.15, 0.2) is 0 Å². The molecular weight excluding hydrogens is 276 g/mol. The summed E-state index contributed by atoms with van der Waals surface area (Å²) in [6.45, 7) is 1.95. The van der Waals surface area contributed by atoms with E-state index in [0.29, 0.717) is 12.1 Å². The fourth-order valence-corrected chi connectivity index (χ4v) is 2.71. The van der Waals surface area contributed by atoms with Gasteiger partial charge in [0.05, 0.1) is 18.3 Å². The van der Waals surface area contributed by atoms with Crippen molar-refractivity contribution in [2.75, 3.05) is 7.11 Å². The zero-order chi connectivity index (χ0) is 15.6. The summed E-state index contributed by atoms with van der Waals surface area (Å²) >= 11 is 0. The van der Waals surface area contributed by atoms with Gasteiger partial charge in [-0.1, -0.05) is 37.3 Å². The number of nitrogens with zero attached hydrogens (tertiary/aromatic N) is 2. The van der Waals surface area contributed by atoms with Crippen molar-refractivity contribution in [3.05, 3.63) is 66.1 Å². The van der Waals surface area contributed by atoms with Gasteiger partial charge >= 0.3 is 0 Å². The van der Waals surface area contributed by atoms with E-state index in [2.05, 4.69) is 9.97 Å². The van der Waals surface area contributed by atoms with E-state index in [-0.39, 0.29) is 0 Å². The highest BCUT2D eigenvalue weighted by Gasteiger charge is 2.33. The summed E-state index contributed by atoms with van der Waals surface area (Å²) in [6, 6.07) is 15.2. The van der Waals surface area contributed by atoms with Crippen LogP contribution in [0.15, 0.2) is 54.9 Å². The number of methoxy groups -OCH3 is 1. The number of hydrogen-bond donors (Lipinski definition) is 1. The van der Waals surface area contributed by atoms with Crippen LogP contribution in [0.3, 0.4) is 0 Å². The molecule has 4 heteroatoms. The predicted molar refractivity (Wildman–Crippen MR) is 85.8 cm³/mol. The minimum Gasteiger partial charge on any atom is -0.497 e. The molecule has 112 valence electrons. The van der Waals surface area contributed by atoms with Gasteiger partial charge in [-0.15, -0.1) is 0 Å². The van der Waals surface area contributed by atoms with E-state index < -0.39 is 5.60 Å². The van der Waals surface area contributed by atoms with Crippen LogP contribution >= 0.6 is 0 Å². The molecule has 1 heterocycles. The summed E-state index contributed by atoms with van der Waals surface area (Å²) in [5, 5.41) is 12.2. The van der Waals surface area contributed by atoms with Crippen molar-refractivity contribution in [1.82, 2.24) is 9.97 Å². The monoisotopic (exact) mass is 294 g/mol. The van der Waals surface area contributed by atoms with E-state index in [0.717, 1.165) is 22.2 Å². The van der Waals surface area contributed by atoms with Crippen LogP contribution in [0.4, 0.5) is 0 Å². The maximum Gasteiger partial charge on any atom is 0.132 e. The molecule has 0 bridgehead atoms. The van der Waals surface area contributed by atoms with Crippen LogP contribution in [0.2, 0.25) is 0 Å². The third-order valence-corrected chi connectivity index (χ3v) is 4.01. The van der Waals surface area contributed by atoms with E-state index >= 15 is 0 Å². The predicted octanol–water partition coefficient (Wildman–Crippen LogP) is 3.28. The first-order chi connectivity index (χ1) is 10.7. The number of benzene rings is 2. The summed E-state index contributed by atoms with van der Waals surface area (Å²) in [4.78, 5) is 8.64. The normalized spacial score (nSPS) is 13.8. The molecular formula is C18H18N2O2. The van der Waals surface area contributed by atoms with Gasteiger partial charge in [-0.25, -0.2) is 9.97 Å². The number of para-hydroxylation sites is 1. The Morgan fingerprint density at radius 2 is 1.77 bits per heavy atom. The van der Waals surface area contributed by atoms with Crippen molar-refractivity contribution in [1.29, 1.82) is 0 Å². The Kier molecular flexibility index (Phi) is 3.77. The number of aliphatic hydroxyl groups is 1. The van der Waals surface area contributed by atoms with E-state index in [1.165, 1.54) is 6.33 Å². The van der Waals surface area contributed by atoms with Crippen molar-refractivity contribution >= 4 is 10.9 Å². The fourth-order valence-electron chi connectivity index (χ4n) is 2.71. The zero-order valence-corrected chi connectivity index (χ0v) is 12.7. The molecule has 0 radical (unpaired) electrons. The van der Waals surface area contributed by atoms with Crippen LogP contribution in [0.1, 0.15) is 24.6 Å². The first-order valence-corrected chi connectivity index (χ1v) is 7.26. The first kappa shape index (κ1) is 14.5. The molecule has 0 amide bonds. The third kappa shape index (κ3) is 2.31. The van der Waals surface area contributed by atoms with E-state index in [4.69, 9.17) is 4.74 Å². The summed E-state index contributed by atoms with van der Waals surface area (Å²) in [5.41, 5.74) is 1.09. The minimum absolute atomic E-state index is 0.514. The van der Waals surface area contributed by atoms with E-state index in [1.807, 2.05) is 55.5 Å². The lowest BCUT2D eigenvalue weighted by molar-refractivity contribution is 0.0734. The number of fused-ring (bicyclic) bond motifs is 1. The number of hydrogen-bond acceptors (Lipinski definition) is 4. The Balaban J connectivity index is 2.19. The van der Waals surface area contributed by atoms with Crippen LogP contribution in [0.5, 0.6) is 5.75 Å². The molecule has 0 saturated carbocycles. The molecule has 3 aromatic rings. The lowest BCUT2D eigenvalue weighted by Gasteiger charge is -2.28. The van der Waals surface area contributed by atoms with Crippen LogP contribution < -0.4 is 4.74 Å². The van der Waals surface area contributed by atoms with Crippen molar-refractivity contribution in [3.63, 3.8) is 0 Å². The molecule has 0 fully saturated rings. The van der Waals surface area contributed by atoms with E-state index in [9.17, 15) is 5.11 Å². The highest BCUT2D eigenvalue weighted by molar-refractivity contribution is 5.81. The van der Waals surface area contributed by atoms with Crippen molar-refractivity contribution < 1.29 is 9.84 Å². The molecule has 1 atom stereocenters. The Morgan fingerprint density at radius 1 is 1.05 bits per heavy atom. The van der Waals surface area contributed by atoms with Crippen molar-refractivity contribution in [3.8, 4) is 5.75 Å². The molecule has 0 spiro atoms. The standard InChI is InChI=1S/C18H18N2O2/c1-3-18(21,13-8-10-14(22-2)11-9-13)17-15-6-4-5-7-16(15)19-12-20-17/h4-12,21H,3H2,1-2H3.